The predicted molar refractivity (Wildman–Crippen MR) is 117 cm³/mol. The van der Waals surface area contributed by atoms with E-state index in [-0.39, 0.29) is 12.2 Å². The molecule has 2 aromatic rings. The first-order valence-electron chi connectivity index (χ1n) is 8.33. The number of rotatable bonds is 7. The van der Waals surface area contributed by atoms with Crippen molar-refractivity contribution in [3.05, 3.63) is 50.1 Å². The van der Waals surface area contributed by atoms with Gasteiger partial charge in [0.15, 0.2) is 11.5 Å². The number of aryl methyl sites for hydroxylation is 1. The molecule has 0 spiro atoms. The van der Waals surface area contributed by atoms with Gasteiger partial charge in [0.25, 0.3) is 0 Å². The summed E-state index contributed by atoms with van der Waals surface area (Å²) >= 11 is 7.98. The van der Waals surface area contributed by atoms with E-state index in [0.717, 1.165) is 5.56 Å². The Morgan fingerprint density at radius 1 is 1.29 bits per heavy atom. The summed E-state index contributed by atoms with van der Waals surface area (Å²) in [6, 6.07) is 8.38. The lowest BCUT2D eigenvalue weighted by Crippen LogP contribution is -2.24. The van der Waals surface area contributed by atoms with Crippen LogP contribution in [0.2, 0.25) is 5.02 Å². The summed E-state index contributed by atoms with van der Waals surface area (Å²) in [5, 5.41) is 16.9. The number of hydrogen-bond acceptors (Lipinski definition) is 5. The quantitative estimate of drug-likeness (QED) is 0.226. The van der Waals surface area contributed by atoms with Crippen LogP contribution in [0.25, 0.3) is 0 Å². The summed E-state index contributed by atoms with van der Waals surface area (Å²) in [7, 11) is 0. The highest BCUT2D eigenvalue weighted by atomic mass is 127. The second-order valence-corrected chi connectivity index (χ2v) is 7.33. The van der Waals surface area contributed by atoms with Gasteiger partial charge in [0.2, 0.25) is 11.8 Å². The first-order valence-corrected chi connectivity index (χ1v) is 9.79. The number of phenols is 1. The van der Waals surface area contributed by atoms with E-state index in [4.69, 9.17) is 16.3 Å². The van der Waals surface area contributed by atoms with Crippen molar-refractivity contribution in [2.24, 2.45) is 5.10 Å². The second kappa shape index (κ2) is 10.3. The van der Waals surface area contributed by atoms with Crippen LogP contribution < -0.4 is 15.5 Å². The van der Waals surface area contributed by atoms with Gasteiger partial charge in [-0.15, -0.1) is 0 Å². The van der Waals surface area contributed by atoms with Crippen molar-refractivity contribution in [1.82, 2.24) is 5.43 Å². The number of aromatic hydroxyl groups is 1. The number of carbonyl (C=O) groups excluding carboxylic acids is 2. The summed E-state index contributed by atoms with van der Waals surface area (Å²) in [4.78, 5) is 23.8. The van der Waals surface area contributed by atoms with Crippen LogP contribution in [-0.4, -0.2) is 29.7 Å². The molecule has 0 aliphatic rings. The summed E-state index contributed by atoms with van der Waals surface area (Å²) in [6.07, 6.45) is 1.01. The van der Waals surface area contributed by atoms with Gasteiger partial charge in [-0.1, -0.05) is 17.7 Å². The molecule has 0 bridgehead atoms. The van der Waals surface area contributed by atoms with Crippen LogP contribution in [-0.2, 0) is 9.59 Å². The van der Waals surface area contributed by atoms with Crippen LogP contribution in [0.5, 0.6) is 11.5 Å². The molecule has 0 aliphatic heterocycles. The fraction of sp³-hybridized carbons (Fsp3) is 0.211. The Morgan fingerprint density at radius 2 is 2.04 bits per heavy atom. The molecule has 0 fully saturated rings. The molecule has 0 heterocycles. The lowest BCUT2D eigenvalue weighted by molar-refractivity contribution is -0.126. The average molecular weight is 516 g/mol. The molecule has 2 aromatic carbocycles. The molecule has 3 N–H and O–H groups in total. The molecule has 148 valence electrons. The van der Waals surface area contributed by atoms with Crippen molar-refractivity contribution in [3.8, 4) is 11.5 Å². The first kappa shape index (κ1) is 22.0. The van der Waals surface area contributed by atoms with Gasteiger partial charge in [-0.3, -0.25) is 9.59 Å². The number of hydrazone groups is 1. The predicted octanol–water partition coefficient (Wildman–Crippen LogP) is 3.84. The number of phenolic OH excluding ortho intramolecular Hbond substituents is 1. The van der Waals surface area contributed by atoms with E-state index >= 15 is 0 Å². The zero-order chi connectivity index (χ0) is 20.7. The van der Waals surface area contributed by atoms with Crippen molar-refractivity contribution >= 4 is 57.9 Å². The van der Waals surface area contributed by atoms with Crippen LogP contribution in [0.15, 0.2) is 35.4 Å². The fourth-order valence-electron chi connectivity index (χ4n) is 2.17. The van der Waals surface area contributed by atoms with Crippen molar-refractivity contribution in [1.29, 1.82) is 0 Å². The lowest BCUT2D eigenvalue weighted by atomic mass is 10.2. The highest BCUT2D eigenvalue weighted by molar-refractivity contribution is 14.1. The van der Waals surface area contributed by atoms with E-state index in [0.29, 0.717) is 32.2 Å². The second-order valence-electron chi connectivity index (χ2n) is 5.76. The van der Waals surface area contributed by atoms with Gasteiger partial charge in [0.1, 0.15) is 6.42 Å². The zero-order valence-electron chi connectivity index (χ0n) is 15.3. The maximum atomic E-state index is 11.9. The van der Waals surface area contributed by atoms with E-state index in [1.165, 1.54) is 6.21 Å². The number of hydrogen-bond donors (Lipinski definition) is 3. The average Bonchev–Trinajstić information content (AvgIpc) is 2.62. The highest BCUT2D eigenvalue weighted by Gasteiger charge is 2.11. The standard InChI is InChI=1S/C19H19ClIN3O4/c1-3-28-16-7-12(6-15(21)19(16)27)10-22-24-18(26)9-17(25)23-13-5-4-11(2)14(20)8-13/h4-8,10,27H,3,9H2,1-2H3,(H,23,25)(H,24,26). The van der Waals surface area contributed by atoms with Gasteiger partial charge >= 0.3 is 0 Å². The third-order valence-electron chi connectivity index (χ3n) is 3.53. The van der Waals surface area contributed by atoms with Gasteiger partial charge < -0.3 is 15.2 Å². The number of halogens is 2. The van der Waals surface area contributed by atoms with Crippen molar-refractivity contribution in [3.63, 3.8) is 0 Å². The minimum absolute atomic E-state index is 0.0523. The number of benzene rings is 2. The van der Waals surface area contributed by atoms with Crippen LogP contribution in [0, 0.1) is 10.5 Å². The monoisotopic (exact) mass is 515 g/mol. The molecule has 0 radical (unpaired) electrons. The molecule has 0 unspecified atom stereocenters. The molecule has 0 atom stereocenters. The number of nitrogens with zero attached hydrogens (tertiary/aromatic N) is 1. The number of nitrogens with one attached hydrogen (secondary N) is 2. The Bertz CT molecular complexity index is 918. The Labute approximate surface area is 181 Å². The normalized spacial score (nSPS) is 10.7. The number of amides is 2. The van der Waals surface area contributed by atoms with Gasteiger partial charge in [0.05, 0.1) is 16.4 Å². The summed E-state index contributed by atoms with van der Waals surface area (Å²) < 4.78 is 5.93. The molecule has 7 nitrogen and oxygen atoms in total. The molecular weight excluding hydrogens is 497 g/mol. The summed E-state index contributed by atoms with van der Waals surface area (Å²) in [5.74, 6) is -0.661. The summed E-state index contributed by atoms with van der Waals surface area (Å²) in [6.45, 7) is 4.07. The molecule has 0 saturated carbocycles. The highest BCUT2D eigenvalue weighted by Crippen LogP contribution is 2.32. The molecule has 2 rings (SSSR count). The molecular formula is C19H19ClIN3O4. The molecule has 0 aliphatic carbocycles. The molecule has 28 heavy (non-hydrogen) atoms. The molecule has 2 amide bonds. The number of anilines is 1. The topological polar surface area (TPSA) is 100 Å². The van der Waals surface area contributed by atoms with Crippen LogP contribution in [0.4, 0.5) is 5.69 Å². The minimum atomic E-state index is -0.564. The van der Waals surface area contributed by atoms with Crippen LogP contribution in [0.1, 0.15) is 24.5 Å². The van der Waals surface area contributed by atoms with E-state index in [9.17, 15) is 14.7 Å². The Balaban J connectivity index is 1.91. The number of ether oxygens (including phenoxy) is 1. The van der Waals surface area contributed by atoms with E-state index < -0.39 is 11.8 Å². The largest absolute Gasteiger partial charge is 0.504 e. The Morgan fingerprint density at radius 3 is 2.71 bits per heavy atom. The summed E-state index contributed by atoms with van der Waals surface area (Å²) in [5.41, 5.74) is 4.33. The van der Waals surface area contributed by atoms with E-state index in [2.05, 4.69) is 15.8 Å². The third-order valence-corrected chi connectivity index (χ3v) is 4.76. The first-order chi connectivity index (χ1) is 13.3. The number of carbonyl (C=O) groups is 2. The van der Waals surface area contributed by atoms with Gasteiger partial charge in [-0.2, -0.15) is 5.10 Å². The van der Waals surface area contributed by atoms with Gasteiger partial charge in [-0.25, -0.2) is 5.43 Å². The Kier molecular flexibility index (Phi) is 8.06. The fourth-order valence-corrected chi connectivity index (χ4v) is 2.98. The Hall–Kier alpha value is -2.33. The smallest absolute Gasteiger partial charge is 0.249 e. The zero-order valence-corrected chi connectivity index (χ0v) is 18.2. The maximum absolute atomic E-state index is 11.9. The van der Waals surface area contributed by atoms with Crippen LogP contribution >= 0.6 is 34.2 Å². The maximum Gasteiger partial charge on any atom is 0.249 e. The van der Waals surface area contributed by atoms with Crippen molar-refractivity contribution < 1.29 is 19.4 Å². The van der Waals surface area contributed by atoms with Crippen LogP contribution in [0.3, 0.4) is 0 Å². The van der Waals surface area contributed by atoms with E-state index in [1.54, 1.807) is 30.3 Å². The molecule has 0 saturated heterocycles. The van der Waals surface area contributed by atoms with Crippen molar-refractivity contribution in [2.75, 3.05) is 11.9 Å². The van der Waals surface area contributed by atoms with E-state index in [1.807, 2.05) is 36.4 Å². The van der Waals surface area contributed by atoms with Crippen molar-refractivity contribution in [2.45, 2.75) is 20.3 Å². The molecule has 0 aromatic heterocycles. The van der Waals surface area contributed by atoms with Gasteiger partial charge in [-0.05, 0) is 71.8 Å². The lowest BCUT2D eigenvalue weighted by Gasteiger charge is -2.08. The third kappa shape index (κ3) is 6.38. The van der Waals surface area contributed by atoms with Gasteiger partial charge in [0, 0.05) is 10.7 Å². The minimum Gasteiger partial charge on any atom is -0.504 e. The molecule has 9 heteroatoms. The SMILES string of the molecule is CCOc1cc(C=NNC(=O)CC(=O)Nc2ccc(C)c(Cl)c2)cc(I)c1O.